The number of benzene rings is 1. The molecule has 0 bridgehead atoms. The number of nitrogens with zero attached hydrogens (tertiary/aromatic N) is 1. The molecule has 4 heteroatoms. The van der Waals surface area contributed by atoms with Gasteiger partial charge in [-0.2, -0.15) is 0 Å². The number of pyridine rings is 1. The van der Waals surface area contributed by atoms with Gasteiger partial charge in [-0.25, -0.2) is 0 Å². The number of aryl methyl sites for hydroxylation is 3. The van der Waals surface area contributed by atoms with Crippen molar-refractivity contribution in [1.82, 2.24) is 10.3 Å². The van der Waals surface area contributed by atoms with Crippen LogP contribution in [0.2, 0.25) is 0 Å². The Hall–Kier alpha value is -0.710. The number of rotatable bonds is 1. The summed E-state index contributed by atoms with van der Waals surface area (Å²) in [5.74, 6) is 1.07. The smallest absolute Gasteiger partial charge is 0.0514 e. The van der Waals surface area contributed by atoms with E-state index in [1.807, 2.05) is 33.9 Å². The molecule has 1 unspecified atom stereocenters. The highest BCUT2D eigenvalue weighted by Gasteiger charge is 2.34. The largest absolute Gasteiger partial charge is 0.317 e. The monoisotopic (exact) mass is 508 g/mol. The minimum atomic E-state index is 0.405. The average Bonchev–Trinajstić information content (AvgIpc) is 2.88. The van der Waals surface area contributed by atoms with Gasteiger partial charge in [-0.3, -0.25) is 4.98 Å². The summed E-state index contributed by atoms with van der Waals surface area (Å²) in [6.45, 7) is 12.4. The zero-order valence-corrected chi connectivity index (χ0v) is 21.1. The Bertz CT molecular complexity index is 767. The van der Waals surface area contributed by atoms with Crippen molar-refractivity contribution in [2.75, 3.05) is 13.1 Å². The molecule has 2 aliphatic rings. The lowest BCUT2D eigenvalue weighted by Crippen LogP contribution is -2.32. The van der Waals surface area contributed by atoms with Crippen LogP contribution in [0.15, 0.2) is 33.3 Å². The summed E-state index contributed by atoms with van der Waals surface area (Å²) in [5, 5.41) is 3.51. The second-order valence-corrected chi connectivity index (χ2v) is 8.85. The molecule has 2 heterocycles. The van der Waals surface area contributed by atoms with Gasteiger partial charge in [0.2, 0.25) is 0 Å². The Labute approximate surface area is 188 Å². The fourth-order valence-electron chi connectivity index (χ4n) is 4.40. The molecule has 28 heavy (non-hydrogen) atoms. The highest BCUT2D eigenvalue weighted by Crippen LogP contribution is 2.45. The Morgan fingerprint density at radius 2 is 1.57 bits per heavy atom. The fraction of sp³-hybridized carbons (Fsp3) is 0.542. The lowest BCUT2D eigenvalue weighted by molar-refractivity contribution is 0.338. The van der Waals surface area contributed by atoms with Gasteiger partial charge in [0.05, 0.1) is 5.69 Å². The van der Waals surface area contributed by atoms with Gasteiger partial charge in [0.1, 0.15) is 0 Å². The third-order valence-corrected chi connectivity index (χ3v) is 6.54. The van der Waals surface area contributed by atoms with Crippen molar-refractivity contribution in [3.05, 3.63) is 61.3 Å². The molecule has 1 aliphatic heterocycles. The first-order valence-corrected chi connectivity index (χ1v) is 12.4. The maximum atomic E-state index is 4.91. The Balaban J connectivity index is 0.000000660. The van der Waals surface area contributed by atoms with E-state index in [0.29, 0.717) is 11.8 Å². The second-order valence-electron chi connectivity index (χ2n) is 7.08. The van der Waals surface area contributed by atoms with Crippen LogP contribution in [0, 0.1) is 12.8 Å². The van der Waals surface area contributed by atoms with Gasteiger partial charge in [-0.1, -0.05) is 49.7 Å². The fourth-order valence-corrected chi connectivity index (χ4v) is 5.64. The minimum Gasteiger partial charge on any atom is -0.317 e. The van der Waals surface area contributed by atoms with Gasteiger partial charge >= 0.3 is 0 Å². The molecule has 1 aromatic carbocycles. The summed E-state index contributed by atoms with van der Waals surface area (Å²) in [7, 11) is 0. The average molecular weight is 510 g/mol. The first-order valence-electron chi connectivity index (χ1n) is 10.8. The summed E-state index contributed by atoms with van der Waals surface area (Å²) in [4.78, 5) is 4.91. The molecule has 2 aromatic rings. The van der Waals surface area contributed by atoms with Crippen LogP contribution in [0.25, 0.3) is 0 Å². The quantitative estimate of drug-likeness (QED) is 0.439. The zero-order valence-electron chi connectivity index (χ0n) is 17.9. The molecule has 1 N–H and O–H groups in total. The van der Waals surface area contributed by atoms with Gasteiger partial charge in [-0.15, -0.1) is 0 Å². The van der Waals surface area contributed by atoms with Crippen molar-refractivity contribution in [2.24, 2.45) is 5.92 Å². The number of hydrogen-bond donors (Lipinski definition) is 1. The van der Waals surface area contributed by atoms with Crippen molar-refractivity contribution in [1.29, 1.82) is 0 Å². The molecule has 4 rings (SSSR count). The Morgan fingerprint density at radius 3 is 2.25 bits per heavy atom. The molecule has 2 nitrogen and oxygen atoms in total. The van der Waals surface area contributed by atoms with E-state index in [0.717, 1.165) is 30.4 Å². The van der Waals surface area contributed by atoms with Crippen LogP contribution >= 0.6 is 31.9 Å². The molecule has 0 amide bonds. The molecule has 154 valence electrons. The normalized spacial score (nSPS) is 18.5. The van der Waals surface area contributed by atoms with Gasteiger partial charge in [0.25, 0.3) is 0 Å². The molecular weight excluding hydrogens is 476 g/mol. The van der Waals surface area contributed by atoms with Crippen LogP contribution < -0.4 is 5.32 Å². The Kier molecular flexibility index (Phi) is 9.65. The van der Waals surface area contributed by atoms with Crippen LogP contribution in [0.5, 0.6) is 0 Å². The topological polar surface area (TPSA) is 24.9 Å². The summed E-state index contributed by atoms with van der Waals surface area (Å²) in [5.41, 5.74) is 7.03. The highest BCUT2D eigenvalue weighted by molar-refractivity contribution is 9.10. The molecule has 0 spiro atoms. The van der Waals surface area contributed by atoms with Crippen molar-refractivity contribution in [3.8, 4) is 0 Å². The SMILES string of the molecule is CC.CC.Cc1cc(Br)c2c(c1)CCc1cc(Br)cnc1C2C1CCNCC1. The van der Waals surface area contributed by atoms with E-state index in [2.05, 4.69) is 62.3 Å². The predicted molar refractivity (Wildman–Crippen MR) is 128 cm³/mol. The van der Waals surface area contributed by atoms with E-state index in [1.54, 1.807) is 0 Å². The number of halogens is 2. The molecule has 1 aromatic heterocycles. The molecule has 1 atom stereocenters. The van der Waals surface area contributed by atoms with Crippen molar-refractivity contribution in [2.45, 2.75) is 66.2 Å². The number of piperidine rings is 1. The molecule has 0 radical (unpaired) electrons. The lowest BCUT2D eigenvalue weighted by Gasteiger charge is -2.32. The standard InChI is InChI=1S/C20H22Br2N2.2C2H6/c1-12-8-14-2-3-15-10-16(21)11-24-20(15)19(18(14)17(22)9-12)13-4-6-23-7-5-13;2*1-2/h8-11,13,19,23H,2-7H2,1H3;2*1-2H3. The summed E-state index contributed by atoms with van der Waals surface area (Å²) in [6.07, 6.45) is 6.59. The number of hydrogen-bond acceptors (Lipinski definition) is 2. The molecule has 1 fully saturated rings. The van der Waals surface area contributed by atoms with Crippen LogP contribution in [0.3, 0.4) is 0 Å². The van der Waals surface area contributed by atoms with Gasteiger partial charge < -0.3 is 5.32 Å². The second kappa shape index (κ2) is 11.5. The van der Waals surface area contributed by atoms with Crippen LogP contribution in [-0.2, 0) is 12.8 Å². The van der Waals surface area contributed by atoms with Gasteiger partial charge in [-0.05, 0) is 102 Å². The zero-order chi connectivity index (χ0) is 20.7. The van der Waals surface area contributed by atoms with E-state index < -0.39 is 0 Å². The molecular formula is C24H34Br2N2. The van der Waals surface area contributed by atoms with Crippen LogP contribution in [0.1, 0.15) is 74.4 Å². The first kappa shape index (κ1) is 23.6. The summed E-state index contributed by atoms with van der Waals surface area (Å²) < 4.78 is 2.35. The van der Waals surface area contributed by atoms with E-state index in [4.69, 9.17) is 4.98 Å². The van der Waals surface area contributed by atoms with Crippen molar-refractivity contribution in [3.63, 3.8) is 0 Å². The van der Waals surface area contributed by atoms with Crippen LogP contribution in [0.4, 0.5) is 0 Å². The lowest BCUT2D eigenvalue weighted by atomic mass is 9.76. The molecule has 0 saturated carbocycles. The minimum absolute atomic E-state index is 0.405. The van der Waals surface area contributed by atoms with E-state index in [9.17, 15) is 0 Å². The Morgan fingerprint density at radius 1 is 0.929 bits per heavy atom. The summed E-state index contributed by atoms with van der Waals surface area (Å²) in [6, 6.07) is 6.94. The van der Waals surface area contributed by atoms with E-state index in [1.165, 1.54) is 45.3 Å². The third kappa shape index (κ3) is 5.25. The predicted octanol–water partition coefficient (Wildman–Crippen LogP) is 7.20. The van der Waals surface area contributed by atoms with Gasteiger partial charge in [0.15, 0.2) is 0 Å². The number of fused-ring (bicyclic) bond motifs is 2. The number of nitrogens with one attached hydrogen (secondary N) is 1. The maximum Gasteiger partial charge on any atom is 0.0514 e. The van der Waals surface area contributed by atoms with Crippen molar-refractivity contribution < 1.29 is 0 Å². The van der Waals surface area contributed by atoms with Gasteiger partial charge in [0, 0.05) is 21.1 Å². The highest BCUT2D eigenvalue weighted by atomic mass is 79.9. The number of aromatic nitrogens is 1. The van der Waals surface area contributed by atoms with Crippen molar-refractivity contribution >= 4 is 31.9 Å². The maximum absolute atomic E-state index is 4.91. The molecule has 1 aliphatic carbocycles. The van der Waals surface area contributed by atoms with E-state index in [-0.39, 0.29) is 0 Å². The third-order valence-electron chi connectivity index (χ3n) is 5.45. The van der Waals surface area contributed by atoms with E-state index >= 15 is 0 Å². The first-order chi connectivity index (χ1) is 13.6. The molecule has 1 saturated heterocycles. The summed E-state index contributed by atoms with van der Waals surface area (Å²) >= 11 is 7.50. The van der Waals surface area contributed by atoms with Crippen LogP contribution in [-0.4, -0.2) is 18.1 Å².